The number of nitrogens with zero attached hydrogens (tertiary/aromatic N) is 3. The summed E-state index contributed by atoms with van der Waals surface area (Å²) in [5, 5.41) is 2.68. The molecule has 320 valence electrons. The minimum Gasteiger partial charge on any atom is -0.340 e. The fourth-order valence-electron chi connectivity index (χ4n) is 9.06. The summed E-state index contributed by atoms with van der Waals surface area (Å²) in [6.07, 6.45) is 7.75. The van der Waals surface area contributed by atoms with E-state index < -0.39 is 0 Å². The number of benzene rings is 5. The minimum atomic E-state index is 0.0467. The standard InChI is InChI=1S/C58H61N3S2/c1-10-11-12-13-14-15-34-61-48-35-37(2)16-27-44(48)45-28-22-41(36-49(45)61)50-32-33-52(63-50)47-30-29-46(51-31-17-38(3)62-51)55-56(47)60-54(40-20-25-43(26-21-40)58(7,8)9)53(59-55)39-18-23-42(24-19-39)57(4,5)6/h16-33,35-36H,10-15,34H2,1-9H3. The van der Waals surface area contributed by atoms with Gasteiger partial charge in [-0.05, 0) is 89.8 Å². The number of aromatic nitrogens is 3. The number of hydrogen-bond donors (Lipinski definition) is 0. The molecule has 5 heteroatoms. The molecule has 5 aromatic carbocycles. The van der Waals surface area contributed by atoms with Crippen LogP contribution in [0.3, 0.4) is 0 Å². The first-order valence-corrected chi connectivity index (χ1v) is 24.7. The summed E-state index contributed by atoms with van der Waals surface area (Å²) >= 11 is 3.66. The fourth-order valence-corrected chi connectivity index (χ4v) is 11.0. The topological polar surface area (TPSA) is 30.7 Å². The van der Waals surface area contributed by atoms with Crippen LogP contribution in [0.25, 0.3) is 86.7 Å². The average Bonchev–Trinajstić information content (AvgIpc) is 4.01. The molecule has 0 atom stereocenters. The Morgan fingerprint density at radius 1 is 0.476 bits per heavy atom. The van der Waals surface area contributed by atoms with Gasteiger partial charge in [-0.3, -0.25) is 0 Å². The molecule has 0 bridgehead atoms. The van der Waals surface area contributed by atoms with E-state index in [1.165, 1.54) is 102 Å². The Morgan fingerprint density at radius 2 is 0.968 bits per heavy atom. The maximum absolute atomic E-state index is 5.72. The molecule has 0 unspecified atom stereocenters. The van der Waals surface area contributed by atoms with E-state index >= 15 is 0 Å². The van der Waals surface area contributed by atoms with Gasteiger partial charge in [-0.2, -0.15) is 0 Å². The Hall–Kier alpha value is -5.36. The summed E-state index contributed by atoms with van der Waals surface area (Å²) in [7, 11) is 0. The van der Waals surface area contributed by atoms with E-state index in [0.29, 0.717) is 0 Å². The number of fused-ring (bicyclic) bond motifs is 4. The first-order chi connectivity index (χ1) is 30.3. The van der Waals surface area contributed by atoms with Crippen molar-refractivity contribution in [1.29, 1.82) is 0 Å². The maximum atomic E-state index is 5.72. The lowest BCUT2D eigenvalue weighted by molar-refractivity contribution is 0.571. The summed E-state index contributed by atoms with van der Waals surface area (Å²) in [5.41, 5.74) is 16.0. The van der Waals surface area contributed by atoms with Gasteiger partial charge in [0, 0.05) is 70.1 Å². The smallest absolute Gasteiger partial charge is 0.0988 e. The largest absolute Gasteiger partial charge is 0.340 e. The fraction of sp³-hybridized carbons (Fsp3) is 0.310. The Labute approximate surface area is 382 Å². The predicted molar refractivity (Wildman–Crippen MR) is 276 cm³/mol. The monoisotopic (exact) mass is 863 g/mol. The lowest BCUT2D eigenvalue weighted by atomic mass is 9.85. The van der Waals surface area contributed by atoms with Crippen molar-refractivity contribution in [3.05, 3.63) is 143 Å². The molecule has 0 N–H and O–H groups in total. The number of rotatable bonds is 12. The molecular formula is C58H61N3S2. The Kier molecular flexibility index (Phi) is 11.8. The number of unbranched alkanes of at least 4 members (excludes halogenated alkanes) is 5. The van der Waals surface area contributed by atoms with Gasteiger partial charge in [-0.25, -0.2) is 9.97 Å². The molecule has 0 spiro atoms. The molecule has 9 rings (SSSR count). The van der Waals surface area contributed by atoms with Crippen LogP contribution in [0.15, 0.2) is 121 Å². The first kappa shape index (κ1) is 42.9. The molecule has 0 aliphatic carbocycles. The summed E-state index contributed by atoms with van der Waals surface area (Å²) in [6, 6.07) is 45.6. The number of aryl methyl sites for hydroxylation is 3. The van der Waals surface area contributed by atoms with Gasteiger partial charge >= 0.3 is 0 Å². The van der Waals surface area contributed by atoms with Crippen molar-refractivity contribution in [3.63, 3.8) is 0 Å². The molecule has 3 nitrogen and oxygen atoms in total. The molecule has 4 aromatic heterocycles. The van der Waals surface area contributed by atoms with Crippen LogP contribution in [0.2, 0.25) is 0 Å². The van der Waals surface area contributed by atoms with Crippen LogP contribution in [0, 0.1) is 13.8 Å². The third-order valence-electron chi connectivity index (χ3n) is 12.8. The van der Waals surface area contributed by atoms with E-state index in [1.807, 2.05) is 22.7 Å². The van der Waals surface area contributed by atoms with Gasteiger partial charge in [0.2, 0.25) is 0 Å². The van der Waals surface area contributed by atoms with Crippen molar-refractivity contribution in [2.75, 3.05) is 0 Å². The van der Waals surface area contributed by atoms with Crippen LogP contribution in [-0.4, -0.2) is 14.5 Å². The van der Waals surface area contributed by atoms with E-state index in [9.17, 15) is 0 Å². The SMILES string of the molecule is CCCCCCCCn1c2cc(C)ccc2c2ccc(-c3ccc(-c4ccc(-c5ccc(C)s5)c5nc(-c6ccc(C(C)(C)C)cc6)c(-c6ccc(C(C)(C)C)cc6)nc45)s3)cc21. The van der Waals surface area contributed by atoms with Crippen LogP contribution < -0.4 is 0 Å². The van der Waals surface area contributed by atoms with E-state index in [1.54, 1.807) is 0 Å². The highest BCUT2D eigenvalue weighted by Crippen LogP contribution is 2.44. The average molecular weight is 864 g/mol. The van der Waals surface area contributed by atoms with Crippen molar-refractivity contribution in [3.8, 4) is 53.8 Å². The molecule has 9 aromatic rings. The van der Waals surface area contributed by atoms with E-state index in [4.69, 9.17) is 9.97 Å². The van der Waals surface area contributed by atoms with Crippen molar-refractivity contribution in [2.24, 2.45) is 0 Å². The van der Waals surface area contributed by atoms with Crippen LogP contribution in [-0.2, 0) is 17.4 Å². The quantitative estimate of drug-likeness (QED) is 0.115. The van der Waals surface area contributed by atoms with E-state index in [0.717, 1.165) is 51.2 Å². The van der Waals surface area contributed by atoms with Crippen molar-refractivity contribution < 1.29 is 0 Å². The van der Waals surface area contributed by atoms with Crippen LogP contribution in [0.1, 0.15) is 109 Å². The molecule has 0 radical (unpaired) electrons. The third-order valence-corrected chi connectivity index (χ3v) is 15.0. The second kappa shape index (κ2) is 17.3. The Bertz CT molecular complexity index is 3070. The first-order valence-electron chi connectivity index (χ1n) is 23.0. The van der Waals surface area contributed by atoms with Gasteiger partial charge in [-0.1, -0.05) is 165 Å². The van der Waals surface area contributed by atoms with Crippen molar-refractivity contribution in [1.82, 2.24) is 14.5 Å². The number of thiophene rings is 2. The summed E-state index contributed by atoms with van der Waals surface area (Å²) in [4.78, 5) is 16.3. The summed E-state index contributed by atoms with van der Waals surface area (Å²) in [6.45, 7) is 21.3. The van der Waals surface area contributed by atoms with Crippen molar-refractivity contribution >= 4 is 55.5 Å². The Balaban J connectivity index is 1.19. The highest BCUT2D eigenvalue weighted by atomic mass is 32.1. The van der Waals surface area contributed by atoms with Gasteiger partial charge in [0.25, 0.3) is 0 Å². The molecule has 63 heavy (non-hydrogen) atoms. The Morgan fingerprint density at radius 3 is 1.52 bits per heavy atom. The summed E-state index contributed by atoms with van der Waals surface area (Å²) in [5.74, 6) is 0. The molecule has 4 heterocycles. The van der Waals surface area contributed by atoms with Gasteiger partial charge in [0.05, 0.1) is 22.4 Å². The van der Waals surface area contributed by atoms with Crippen LogP contribution in [0.5, 0.6) is 0 Å². The summed E-state index contributed by atoms with van der Waals surface area (Å²) < 4.78 is 2.59. The van der Waals surface area contributed by atoms with Gasteiger partial charge in [0.1, 0.15) is 0 Å². The highest BCUT2D eigenvalue weighted by Gasteiger charge is 2.23. The lowest BCUT2D eigenvalue weighted by Gasteiger charge is -2.20. The zero-order valence-electron chi connectivity index (χ0n) is 38.7. The van der Waals surface area contributed by atoms with Gasteiger partial charge < -0.3 is 4.57 Å². The highest BCUT2D eigenvalue weighted by molar-refractivity contribution is 7.19. The normalized spacial score (nSPS) is 12.3. The van der Waals surface area contributed by atoms with Crippen LogP contribution in [0.4, 0.5) is 0 Å². The lowest BCUT2D eigenvalue weighted by Crippen LogP contribution is -2.10. The van der Waals surface area contributed by atoms with E-state index in [-0.39, 0.29) is 10.8 Å². The molecule has 0 saturated heterocycles. The molecule has 0 fully saturated rings. The minimum absolute atomic E-state index is 0.0467. The zero-order valence-corrected chi connectivity index (χ0v) is 40.3. The van der Waals surface area contributed by atoms with E-state index in [2.05, 4.69) is 188 Å². The van der Waals surface area contributed by atoms with Gasteiger partial charge in [0.15, 0.2) is 0 Å². The molecule has 0 aliphatic heterocycles. The van der Waals surface area contributed by atoms with Gasteiger partial charge in [-0.15, -0.1) is 22.7 Å². The number of hydrogen-bond acceptors (Lipinski definition) is 4. The maximum Gasteiger partial charge on any atom is 0.0988 e. The third kappa shape index (κ3) is 8.67. The molecule has 0 aliphatic rings. The van der Waals surface area contributed by atoms with Crippen LogP contribution >= 0.6 is 22.7 Å². The molecule has 0 amide bonds. The van der Waals surface area contributed by atoms with Crippen molar-refractivity contribution in [2.45, 2.75) is 118 Å². The zero-order chi connectivity index (χ0) is 44.0. The second-order valence-corrected chi connectivity index (χ2v) is 22.1. The second-order valence-electron chi connectivity index (χ2n) is 19.7. The molecule has 0 saturated carbocycles. The molecular weight excluding hydrogens is 803 g/mol. The predicted octanol–water partition coefficient (Wildman–Crippen LogP) is 17.8.